The van der Waals surface area contributed by atoms with Gasteiger partial charge in [0.15, 0.2) is 0 Å². The summed E-state index contributed by atoms with van der Waals surface area (Å²) in [6.45, 7) is 6.64. The molecule has 1 aliphatic carbocycles. The maximum atomic E-state index is 12.5. The van der Waals surface area contributed by atoms with Crippen LogP contribution in [0.25, 0.3) is 0 Å². The van der Waals surface area contributed by atoms with Crippen molar-refractivity contribution in [2.24, 2.45) is 5.92 Å². The summed E-state index contributed by atoms with van der Waals surface area (Å²) in [5.41, 5.74) is 1.22. The Morgan fingerprint density at radius 3 is 2.72 bits per heavy atom. The van der Waals surface area contributed by atoms with Crippen molar-refractivity contribution >= 4 is 17.8 Å². The van der Waals surface area contributed by atoms with Crippen molar-refractivity contribution in [3.63, 3.8) is 0 Å². The molecule has 2 fully saturated rings. The van der Waals surface area contributed by atoms with Crippen molar-refractivity contribution in [3.8, 4) is 0 Å². The van der Waals surface area contributed by atoms with E-state index >= 15 is 0 Å². The van der Waals surface area contributed by atoms with Crippen molar-refractivity contribution in [3.05, 3.63) is 17.5 Å². The Labute approximate surface area is 146 Å². The van der Waals surface area contributed by atoms with Crippen LogP contribution in [-0.4, -0.2) is 51.2 Å². The molecule has 1 aliphatic heterocycles. The second-order valence-corrected chi connectivity index (χ2v) is 7.15. The van der Waals surface area contributed by atoms with Crippen molar-refractivity contribution in [2.45, 2.75) is 52.1 Å². The molecule has 1 saturated carbocycles. The molecule has 8 nitrogen and oxygen atoms in total. The molecular weight excluding hydrogens is 322 g/mol. The van der Waals surface area contributed by atoms with Gasteiger partial charge in [0, 0.05) is 18.8 Å². The molecule has 8 heteroatoms. The lowest BCUT2D eigenvalue weighted by atomic mass is 9.96. The monoisotopic (exact) mass is 347 g/mol. The molecule has 0 spiro atoms. The van der Waals surface area contributed by atoms with E-state index in [1.165, 1.54) is 0 Å². The van der Waals surface area contributed by atoms with Crippen LogP contribution in [0, 0.1) is 19.8 Å². The number of imide groups is 1. The van der Waals surface area contributed by atoms with Crippen molar-refractivity contribution in [2.75, 3.05) is 13.1 Å². The molecular formula is C17H25N5O3. The zero-order valence-corrected chi connectivity index (χ0v) is 15.0. The SMILES string of the molecule is Cc1cc(C)n(CCCNC(=O)CN2C(=O)N[C@](C)(C3CC3)C2=O)n1. The Kier molecular flexibility index (Phi) is 4.53. The molecule has 1 saturated heterocycles. The van der Waals surface area contributed by atoms with Crippen molar-refractivity contribution in [1.29, 1.82) is 0 Å². The molecule has 1 aromatic heterocycles. The van der Waals surface area contributed by atoms with Gasteiger partial charge in [0.1, 0.15) is 12.1 Å². The van der Waals surface area contributed by atoms with Crippen LogP contribution in [0.4, 0.5) is 4.79 Å². The van der Waals surface area contributed by atoms with E-state index in [1.807, 2.05) is 24.6 Å². The molecule has 0 aromatic carbocycles. The first-order valence-corrected chi connectivity index (χ1v) is 8.73. The number of hydrogen-bond acceptors (Lipinski definition) is 4. The zero-order chi connectivity index (χ0) is 18.2. The average molecular weight is 347 g/mol. The van der Waals surface area contributed by atoms with Gasteiger partial charge in [0.05, 0.1) is 5.69 Å². The fourth-order valence-corrected chi connectivity index (χ4v) is 3.35. The Morgan fingerprint density at radius 2 is 2.12 bits per heavy atom. The number of hydrogen-bond donors (Lipinski definition) is 2. The Hall–Kier alpha value is -2.38. The summed E-state index contributed by atoms with van der Waals surface area (Å²) in [7, 11) is 0. The number of amides is 4. The van der Waals surface area contributed by atoms with E-state index in [1.54, 1.807) is 6.92 Å². The highest BCUT2D eigenvalue weighted by Gasteiger charge is 2.56. The molecule has 25 heavy (non-hydrogen) atoms. The highest BCUT2D eigenvalue weighted by atomic mass is 16.2. The zero-order valence-electron chi connectivity index (χ0n) is 15.0. The standard InChI is InChI=1S/C17H25N5O3/c1-11-9-12(2)22(20-11)8-4-7-18-14(23)10-21-15(24)17(3,13-5-6-13)19-16(21)25/h9,13H,4-8,10H2,1-3H3,(H,18,23)(H,19,25)/t17-/m1/s1. The van der Waals surface area contributed by atoms with E-state index in [0.717, 1.165) is 35.6 Å². The first kappa shape index (κ1) is 17.4. The van der Waals surface area contributed by atoms with Gasteiger partial charge in [-0.1, -0.05) is 0 Å². The summed E-state index contributed by atoms with van der Waals surface area (Å²) in [5, 5.41) is 9.87. The predicted octanol–water partition coefficient (Wildman–Crippen LogP) is 0.727. The van der Waals surface area contributed by atoms with E-state index in [-0.39, 0.29) is 24.3 Å². The number of nitrogens with zero attached hydrogens (tertiary/aromatic N) is 3. The molecule has 2 N–H and O–H groups in total. The minimum atomic E-state index is -0.840. The minimum absolute atomic E-state index is 0.192. The molecule has 136 valence electrons. The molecule has 1 atom stereocenters. The third-order valence-corrected chi connectivity index (χ3v) is 4.97. The summed E-state index contributed by atoms with van der Waals surface area (Å²) in [4.78, 5) is 37.6. The smallest absolute Gasteiger partial charge is 0.325 e. The molecule has 2 aliphatic rings. The van der Waals surface area contributed by atoms with Crippen LogP contribution in [0.1, 0.15) is 37.6 Å². The van der Waals surface area contributed by atoms with E-state index < -0.39 is 11.6 Å². The fraction of sp³-hybridized carbons (Fsp3) is 0.647. The van der Waals surface area contributed by atoms with Crippen LogP contribution < -0.4 is 10.6 Å². The summed E-state index contributed by atoms with van der Waals surface area (Å²) < 4.78 is 1.90. The van der Waals surface area contributed by atoms with Crippen LogP contribution in [0.3, 0.4) is 0 Å². The Bertz CT molecular complexity index is 709. The summed E-state index contributed by atoms with van der Waals surface area (Å²) in [6.07, 6.45) is 2.61. The van der Waals surface area contributed by atoms with Gasteiger partial charge in [-0.05, 0) is 52.0 Å². The van der Waals surface area contributed by atoms with Gasteiger partial charge in [0.2, 0.25) is 5.91 Å². The third kappa shape index (κ3) is 3.52. The predicted molar refractivity (Wildman–Crippen MR) is 90.7 cm³/mol. The molecule has 0 bridgehead atoms. The molecule has 3 rings (SSSR count). The molecule has 2 heterocycles. The summed E-state index contributed by atoms with van der Waals surface area (Å²) in [5.74, 6) is -0.424. The topological polar surface area (TPSA) is 96.3 Å². The molecule has 1 aromatic rings. The van der Waals surface area contributed by atoms with Crippen LogP contribution in [-0.2, 0) is 16.1 Å². The van der Waals surface area contributed by atoms with E-state index in [0.29, 0.717) is 13.1 Å². The van der Waals surface area contributed by atoms with Crippen LogP contribution in [0.2, 0.25) is 0 Å². The van der Waals surface area contributed by atoms with Gasteiger partial charge in [0.25, 0.3) is 5.91 Å². The quantitative estimate of drug-likeness (QED) is 0.561. The Morgan fingerprint density at radius 1 is 1.40 bits per heavy atom. The van der Waals surface area contributed by atoms with E-state index in [2.05, 4.69) is 15.7 Å². The molecule has 0 radical (unpaired) electrons. The third-order valence-electron chi connectivity index (χ3n) is 4.97. The summed E-state index contributed by atoms with van der Waals surface area (Å²) in [6, 6.07) is 1.53. The van der Waals surface area contributed by atoms with Gasteiger partial charge in [-0.15, -0.1) is 0 Å². The number of aryl methyl sites for hydroxylation is 3. The van der Waals surface area contributed by atoms with Crippen molar-refractivity contribution < 1.29 is 14.4 Å². The van der Waals surface area contributed by atoms with Gasteiger partial charge >= 0.3 is 6.03 Å². The normalized spacial score (nSPS) is 23.1. The Balaban J connectivity index is 1.44. The van der Waals surface area contributed by atoms with Crippen LogP contribution in [0.15, 0.2) is 6.07 Å². The number of carbonyl (C=O) groups excluding carboxylic acids is 3. The molecule has 0 unspecified atom stereocenters. The first-order valence-electron chi connectivity index (χ1n) is 8.73. The minimum Gasteiger partial charge on any atom is -0.354 e. The number of aromatic nitrogens is 2. The maximum absolute atomic E-state index is 12.5. The lowest BCUT2D eigenvalue weighted by Crippen LogP contribution is -2.47. The first-order chi connectivity index (χ1) is 11.8. The lowest BCUT2D eigenvalue weighted by molar-refractivity contribution is -0.135. The highest BCUT2D eigenvalue weighted by molar-refractivity contribution is 6.09. The van der Waals surface area contributed by atoms with Crippen LogP contribution in [0.5, 0.6) is 0 Å². The number of carbonyl (C=O) groups is 3. The second-order valence-electron chi connectivity index (χ2n) is 7.15. The van der Waals surface area contributed by atoms with Gasteiger partial charge in [-0.2, -0.15) is 5.10 Å². The number of nitrogens with one attached hydrogen (secondary N) is 2. The van der Waals surface area contributed by atoms with Gasteiger partial charge < -0.3 is 10.6 Å². The van der Waals surface area contributed by atoms with Crippen LogP contribution >= 0.6 is 0 Å². The fourth-order valence-electron chi connectivity index (χ4n) is 3.35. The maximum Gasteiger partial charge on any atom is 0.325 e. The van der Waals surface area contributed by atoms with E-state index in [9.17, 15) is 14.4 Å². The summed E-state index contributed by atoms with van der Waals surface area (Å²) >= 11 is 0. The second kappa shape index (κ2) is 6.50. The van der Waals surface area contributed by atoms with E-state index in [4.69, 9.17) is 0 Å². The number of rotatable bonds is 7. The number of urea groups is 1. The van der Waals surface area contributed by atoms with Crippen molar-refractivity contribution in [1.82, 2.24) is 25.3 Å². The van der Waals surface area contributed by atoms with Gasteiger partial charge in [-0.25, -0.2) is 4.79 Å². The largest absolute Gasteiger partial charge is 0.354 e. The average Bonchev–Trinajstić information content (AvgIpc) is 3.31. The van der Waals surface area contributed by atoms with Gasteiger partial charge in [-0.3, -0.25) is 19.2 Å². The lowest BCUT2D eigenvalue weighted by Gasteiger charge is -2.20. The highest BCUT2D eigenvalue weighted by Crippen LogP contribution is 2.42. The molecule has 4 amide bonds.